The van der Waals surface area contributed by atoms with E-state index in [1.165, 1.54) is 0 Å². The third kappa shape index (κ3) is 9.90. The summed E-state index contributed by atoms with van der Waals surface area (Å²) in [5.74, 6) is -0.000684. The minimum atomic E-state index is -2.14. The molecule has 0 saturated heterocycles. The lowest BCUT2D eigenvalue weighted by atomic mass is 10.0. The van der Waals surface area contributed by atoms with Crippen molar-refractivity contribution in [2.45, 2.75) is 27.4 Å². The average molecular weight is 390 g/mol. The van der Waals surface area contributed by atoms with Crippen molar-refractivity contribution in [1.29, 1.82) is 0 Å². The maximum absolute atomic E-state index is 11.6. The lowest BCUT2D eigenvalue weighted by molar-refractivity contribution is -0.111. The van der Waals surface area contributed by atoms with Crippen LogP contribution < -0.4 is 0 Å². The third-order valence-corrected chi connectivity index (χ3v) is 4.33. The van der Waals surface area contributed by atoms with Crippen LogP contribution in [0.4, 0.5) is 0 Å². The molecule has 0 spiro atoms. The Morgan fingerprint density at radius 2 is 1.44 bits per heavy atom. The summed E-state index contributed by atoms with van der Waals surface area (Å²) in [7, 11) is -2.14. The second-order valence-electron chi connectivity index (χ2n) is 5.37. The van der Waals surface area contributed by atoms with E-state index in [0.717, 1.165) is 11.1 Å². The fourth-order valence-corrected chi connectivity index (χ4v) is 2.60. The molecule has 0 radical (unpaired) electrons. The van der Waals surface area contributed by atoms with Gasteiger partial charge in [0.25, 0.3) is 0 Å². The highest BCUT2D eigenvalue weighted by Gasteiger charge is 2.06. The van der Waals surface area contributed by atoms with E-state index in [9.17, 15) is 9.36 Å². The minimum Gasteiger partial charge on any atom is -0.496 e. The molecule has 0 bridgehead atoms. The summed E-state index contributed by atoms with van der Waals surface area (Å²) in [6.45, 7) is 6.48. The molecule has 6 heteroatoms. The van der Waals surface area contributed by atoms with E-state index in [2.05, 4.69) is 9.05 Å². The molecule has 2 rings (SSSR count). The first-order valence-electron chi connectivity index (χ1n) is 8.80. The molecule has 0 saturated carbocycles. The SMILES string of the molecule is CC(=O)/C(=C/OCc1ccccc1)c1ccccc1.CCO[PH](=O)OCC. The van der Waals surface area contributed by atoms with E-state index in [-0.39, 0.29) is 5.78 Å². The Labute approximate surface area is 161 Å². The Morgan fingerprint density at radius 1 is 0.926 bits per heavy atom. The first-order chi connectivity index (χ1) is 13.1. The first kappa shape index (κ1) is 22.8. The Morgan fingerprint density at radius 3 is 1.93 bits per heavy atom. The highest BCUT2D eigenvalue weighted by Crippen LogP contribution is 2.22. The van der Waals surface area contributed by atoms with Gasteiger partial charge in [0.05, 0.1) is 25.0 Å². The van der Waals surface area contributed by atoms with Gasteiger partial charge in [-0.1, -0.05) is 60.7 Å². The largest absolute Gasteiger partial charge is 0.496 e. The van der Waals surface area contributed by atoms with Gasteiger partial charge in [0.15, 0.2) is 5.78 Å². The number of carbonyl (C=O) groups is 1. The molecular formula is C21H27O5P. The van der Waals surface area contributed by atoms with Gasteiger partial charge in [-0.3, -0.25) is 9.36 Å². The summed E-state index contributed by atoms with van der Waals surface area (Å²) in [4.78, 5) is 11.6. The van der Waals surface area contributed by atoms with E-state index in [1.54, 1.807) is 27.0 Å². The van der Waals surface area contributed by atoms with Crippen LogP contribution >= 0.6 is 8.25 Å². The van der Waals surface area contributed by atoms with Crippen molar-refractivity contribution in [3.8, 4) is 0 Å². The minimum absolute atomic E-state index is 0.000684. The number of Topliss-reactive ketones (excluding diaryl/α,β-unsaturated/α-hetero) is 1. The molecule has 0 N–H and O–H groups in total. The van der Waals surface area contributed by atoms with E-state index < -0.39 is 8.25 Å². The molecule has 0 amide bonds. The molecule has 0 aliphatic heterocycles. The quantitative estimate of drug-likeness (QED) is 0.331. The van der Waals surface area contributed by atoms with Crippen LogP contribution in [0.3, 0.4) is 0 Å². The molecule has 0 aromatic heterocycles. The fraction of sp³-hybridized carbons (Fsp3) is 0.286. The average Bonchev–Trinajstić information content (AvgIpc) is 2.67. The van der Waals surface area contributed by atoms with Crippen molar-refractivity contribution >= 4 is 19.6 Å². The number of carbonyl (C=O) groups excluding carboxylic acids is 1. The molecule has 0 aliphatic rings. The normalized spacial score (nSPS) is 10.9. The van der Waals surface area contributed by atoms with E-state index in [0.29, 0.717) is 25.4 Å². The Balaban J connectivity index is 0.000000387. The van der Waals surface area contributed by atoms with Crippen LogP contribution in [0.1, 0.15) is 31.9 Å². The molecule has 146 valence electrons. The molecule has 2 aromatic carbocycles. The fourth-order valence-electron chi connectivity index (χ4n) is 2.04. The molecule has 0 atom stereocenters. The molecule has 0 unspecified atom stereocenters. The van der Waals surface area contributed by atoms with Crippen molar-refractivity contribution in [2.75, 3.05) is 13.2 Å². The van der Waals surface area contributed by atoms with Crippen molar-refractivity contribution in [1.82, 2.24) is 0 Å². The number of ether oxygens (including phenoxy) is 1. The Hall–Kier alpha value is -2.20. The maximum Gasteiger partial charge on any atom is 0.319 e. The monoisotopic (exact) mass is 390 g/mol. The Bertz CT molecular complexity index is 706. The summed E-state index contributed by atoms with van der Waals surface area (Å²) < 4.78 is 25.1. The summed E-state index contributed by atoms with van der Waals surface area (Å²) in [5, 5.41) is 0. The van der Waals surface area contributed by atoms with E-state index >= 15 is 0 Å². The standard InChI is InChI=1S/C17H16O2.C4H11O3P/c1-14(18)17(16-10-6-3-7-11-16)13-19-12-15-8-4-2-5-9-15;1-3-6-8(5)7-4-2/h2-11,13H,12H2,1H3;8H,3-4H2,1-2H3/b17-13-;. The number of benzene rings is 2. The van der Waals surface area contributed by atoms with Crippen LogP contribution in [0, 0.1) is 0 Å². The highest BCUT2D eigenvalue weighted by molar-refractivity contribution is 7.33. The number of rotatable bonds is 9. The van der Waals surface area contributed by atoms with Gasteiger partial charge in [-0.15, -0.1) is 0 Å². The Kier molecular flexibility index (Phi) is 11.8. The summed E-state index contributed by atoms with van der Waals surface area (Å²) in [5.41, 5.74) is 2.55. The third-order valence-electron chi connectivity index (χ3n) is 3.28. The van der Waals surface area contributed by atoms with Crippen molar-refractivity contribution in [3.05, 3.63) is 78.1 Å². The molecule has 0 aliphatic carbocycles. The zero-order chi connectivity index (χ0) is 19.9. The van der Waals surface area contributed by atoms with Crippen LogP contribution in [0.15, 0.2) is 66.9 Å². The van der Waals surface area contributed by atoms with Crippen molar-refractivity contribution in [3.63, 3.8) is 0 Å². The zero-order valence-corrected chi connectivity index (χ0v) is 17.0. The van der Waals surface area contributed by atoms with Gasteiger partial charge in [0.1, 0.15) is 6.61 Å². The number of ketones is 1. The van der Waals surface area contributed by atoms with Gasteiger partial charge in [-0.2, -0.15) is 0 Å². The molecule has 27 heavy (non-hydrogen) atoms. The van der Waals surface area contributed by atoms with Crippen LogP contribution in [0.2, 0.25) is 0 Å². The second-order valence-corrected chi connectivity index (χ2v) is 6.44. The number of hydrogen-bond acceptors (Lipinski definition) is 5. The van der Waals surface area contributed by atoms with Gasteiger partial charge >= 0.3 is 8.25 Å². The van der Waals surface area contributed by atoms with Crippen LogP contribution in [-0.2, 0) is 29.8 Å². The van der Waals surface area contributed by atoms with Crippen LogP contribution in [0.5, 0.6) is 0 Å². The topological polar surface area (TPSA) is 61.8 Å². The van der Waals surface area contributed by atoms with Crippen LogP contribution in [0.25, 0.3) is 5.57 Å². The van der Waals surface area contributed by atoms with E-state index in [4.69, 9.17) is 4.74 Å². The van der Waals surface area contributed by atoms with Crippen molar-refractivity contribution in [2.24, 2.45) is 0 Å². The molecular weight excluding hydrogens is 363 g/mol. The van der Waals surface area contributed by atoms with Gasteiger partial charge in [0, 0.05) is 0 Å². The molecule has 2 aromatic rings. The van der Waals surface area contributed by atoms with Crippen LogP contribution in [-0.4, -0.2) is 19.0 Å². The van der Waals surface area contributed by atoms with E-state index in [1.807, 2.05) is 60.7 Å². The predicted molar refractivity (Wildman–Crippen MR) is 109 cm³/mol. The lowest BCUT2D eigenvalue weighted by Gasteiger charge is -2.06. The van der Waals surface area contributed by atoms with Gasteiger partial charge in [-0.05, 0) is 31.9 Å². The van der Waals surface area contributed by atoms with Crippen molar-refractivity contribution < 1.29 is 23.1 Å². The van der Waals surface area contributed by atoms with Gasteiger partial charge in [-0.25, -0.2) is 0 Å². The summed E-state index contributed by atoms with van der Waals surface area (Å²) >= 11 is 0. The number of hydrogen-bond donors (Lipinski definition) is 0. The summed E-state index contributed by atoms with van der Waals surface area (Å²) in [6.07, 6.45) is 1.55. The van der Waals surface area contributed by atoms with Gasteiger partial charge in [0.2, 0.25) is 0 Å². The lowest BCUT2D eigenvalue weighted by Crippen LogP contribution is -1.97. The summed E-state index contributed by atoms with van der Waals surface area (Å²) in [6, 6.07) is 19.4. The molecule has 0 fully saturated rings. The second kappa shape index (κ2) is 13.9. The maximum atomic E-state index is 11.6. The first-order valence-corrected chi connectivity index (χ1v) is 10.0. The zero-order valence-electron chi connectivity index (χ0n) is 16.0. The molecule has 5 nitrogen and oxygen atoms in total. The smallest absolute Gasteiger partial charge is 0.319 e. The number of allylic oxidation sites excluding steroid dienone is 1. The molecule has 0 heterocycles. The predicted octanol–water partition coefficient (Wildman–Crippen LogP) is 5.28. The highest BCUT2D eigenvalue weighted by atomic mass is 31.1. The van der Waals surface area contributed by atoms with Gasteiger partial charge < -0.3 is 13.8 Å².